The smallest absolute Gasteiger partial charge is 0.269 e. The van der Waals surface area contributed by atoms with Gasteiger partial charge in [-0.2, -0.15) is 14.0 Å². The van der Waals surface area contributed by atoms with Crippen LogP contribution < -0.4 is 5.32 Å². The summed E-state index contributed by atoms with van der Waals surface area (Å²) < 4.78 is 25.1. The van der Waals surface area contributed by atoms with E-state index in [2.05, 4.69) is 11.4 Å². The molecule has 104 valence electrons. The van der Waals surface area contributed by atoms with E-state index in [1.165, 1.54) is 0 Å². The molecule has 1 heterocycles. The normalized spacial score (nSPS) is 28.9. The molecule has 2 fully saturated rings. The summed E-state index contributed by atoms with van der Waals surface area (Å²) in [7, 11) is 0. The molecule has 0 amide bonds. The minimum Gasteiger partial charge on any atom is -0.310 e. The zero-order valence-electron chi connectivity index (χ0n) is 11.1. The molecule has 1 aliphatic carbocycles. The first-order valence-corrected chi connectivity index (χ1v) is 6.88. The molecule has 1 aromatic rings. The van der Waals surface area contributed by atoms with Gasteiger partial charge < -0.3 is 5.32 Å². The van der Waals surface area contributed by atoms with Gasteiger partial charge in [-0.15, -0.1) is 0 Å². The van der Waals surface area contributed by atoms with Gasteiger partial charge in [-0.25, -0.2) is 0 Å². The highest BCUT2D eigenvalue weighted by molar-refractivity contribution is 5.33. The lowest BCUT2D eigenvalue weighted by Gasteiger charge is -2.49. The Hall–Kier alpha value is -1.73. The van der Waals surface area contributed by atoms with Crippen LogP contribution in [0.3, 0.4) is 0 Å². The van der Waals surface area contributed by atoms with Gasteiger partial charge in [-0.3, -0.25) is 0 Å². The molecule has 4 heteroatoms. The molecule has 0 bridgehead atoms. The summed E-state index contributed by atoms with van der Waals surface area (Å²) in [5.41, 5.74) is 2.18. The number of benzene rings is 1. The van der Waals surface area contributed by atoms with E-state index < -0.39 is 6.08 Å². The molecule has 20 heavy (non-hydrogen) atoms. The molecular weight excluding hydrogens is 258 g/mol. The van der Waals surface area contributed by atoms with Gasteiger partial charge in [0.25, 0.3) is 6.08 Å². The van der Waals surface area contributed by atoms with Crippen LogP contribution in [0.1, 0.15) is 42.9 Å². The maximum atomic E-state index is 12.6. The Morgan fingerprint density at radius 3 is 2.55 bits per heavy atom. The maximum absolute atomic E-state index is 12.6. The first kappa shape index (κ1) is 13.3. The number of hydrogen-bond donors (Lipinski definition) is 1. The van der Waals surface area contributed by atoms with Crippen LogP contribution in [-0.2, 0) is 0 Å². The second-order valence-electron chi connectivity index (χ2n) is 5.91. The van der Waals surface area contributed by atoms with Crippen molar-refractivity contribution in [2.24, 2.45) is 5.41 Å². The van der Waals surface area contributed by atoms with Gasteiger partial charge in [-0.05, 0) is 60.9 Å². The van der Waals surface area contributed by atoms with Crippen molar-refractivity contribution in [1.82, 2.24) is 5.32 Å². The minimum absolute atomic E-state index is 0.0581. The van der Waals surface area contributed by atoms with Crippen molar-refractivity contribution in [3.63, 3.8) is 0 Å². The molecular formula is C16H16F2N2. The van der Waals surface area contributed by atoms with E-state index in [0.717, 1.165) is 24.9 Å². The zero-order valence-corrected chi connectivity index (χ0v) is 11.1. The summed E-state index contributed by atoms with van der Waals surface area (Å²) in [6, 6.07) is 9.85. The highest BCUT2D eigenvalue weighted by atomic mass is 19.3. The highest BCUT2D eigenvalue weighted by Crippen LogP contribution is 2.55. The monoisotopic (exact) mass is 274 g/mol. The molecule has 1 aliphatic heterocycles. The fourth-order valence-electron chi connectivity index (χ4n) is 3.45. The Balaban J connectivity index is 1.73. The summed E-state index contributed by atoms with van der Waals surface area (Å²) in [5.74, 6) is 0. The van der Waals surface area contributed by atoms with Crippen molar-refractivity contribution in [1.29, 1.82) is 5.26 Å². The lowest BCUT2D eigenvalue weighted by atomic mass is 9.59. The second-order valence-corrected chi connectivity index (χ2v) is 5.91. The Morgan fingerprint density at radius 2 is 1.95 bits per heavy atom. The van der Waals surface area contributed by atoms with E-state index >= 15 is 0 Å². The van der Waals surface area contributed by atoms with Gasteiger partial charge in [0.1, 0.15) is 0 Å². The average molecular weight is 274 g/mol. The number of piperidine rings is 1. The van der Waals surface area contributed by atoms with E-state index in [-0.39, 0.29) is 11.5 Å². The molecule has 1 atom stereocenters. The first-order chi connectivity index (χ1) is 9.62. The van der Waals surface area contributed by atoms with Crippen molar-refractivity contribution in [2.45, 2.75) is 31.7 Å². The highest BCUT2D eigenvalue weighted by Gasteiger charge is 2.45. The molecule has 1 N–H and O–H groups in total. The fraction of sp³-hybridized carbons (Fsp3) is 0.438. The number of rotatable bonds is 1. The van der Waals surface area contributed by atoms with Crippen molar-refractivity contribution in [3.05, 3.63) is 47.0 Å². The molecule has 1 saturated heterocycles. The van der Waals surface area contributed by atoms with Crippen molar-refractivity contribution >= 4 is 0 Å². The van der Waals surface area contributed by atoms with Crippen molar-refractivity contribution in [3.8, 4) is 6.07 Å². The third-order valence-corrected chi connectivity index (χ3v) is 4.57. The topological polar surface area (TPSA) is 35.8 Å². The quantitative estimate of drug-likeness (QED) is 0.842. The molecule has 0 radical (unpaired) electrons. The predicted molar refractivity (Wildman–Crippen MR) is 72.0 cm³/mol. The largest absolute Gasteiger partial charge is 0.310 e. The number of allylic oxidation sites excluding steroid dienone is 1. The Bertz CT molecular complexity index is 571. The van der Waals surface area contributed by atoms with E-state index in [1.807, 2.05) is 24.3 Å². The molecule has 2 aliphatic rings. The maximum Gasteiger partial charge on any atom is 0.269 e. The van der Waals surface area contributed by atoms with Crippen LogP contribution in [0.4, 0.5) is 8.78 Å². The van der Waals surface area contributed by atoms with E-state index in [9.17, 15) is 8.78 Å². The van der Waals surface area contributed by atoms with Crippen LogP contribution in [0, 0.1) is 16.7 Å². The molecule has 0 aromatic heterocycles. The summed E-state index contributed by atoms with van der Waals surface area (Å²) in [4.78, 5) is 0. The lowest BCUT2D eigenvalue weighted by molar-refractivity contribution is 0.104. The van der Waals surface area contributed by atoms with Gasteiger partial charge in [0, 0.05) is 6.04 Å². The number of halogens is 2. The van der Waals surface area contributed by atoms with Crippen LogP contribution in [0.2, 0.25) is 0 Å². The lowest BCUT2D eigenvalue weighted by Crippen LogP contribution is -2.44. The number of nitrogens with zero attached hydrogens (tertiary/aromatic N) is 1. The summed E-state index contributed by atoms with van der Waals surface area (Å²) in [6.07, 6.45) is 1.48. The average Bonchev–Trinajstić information content (AvgIpc) is 2.44. The number of hydrogen-bond acceptors (Lipinski definition) is 2. The molecule has 1 aromatic carbocycles. The second kappa shape index (κ2) is 4.99. The summed E-state index contributed by atoms with van der Waals surface area (Å²) >= 11 is 0. The number of nitrogens with one attached hydrogen (secondary N) is 1. The van der Waals surface area contributed by atoms with Gasteiger partial charge in [0.05, 0.1) is 11.6 Å². The number of nitriles is 1. The Labute approximate surface area is 117 Å². The van der Waals surface area contributed by atoms with Crippen molar-refractivity contribution in [2.75, 3.05) is 6.54 Å². The van der Waals surface area contributed by atoms with E-state index in [1.54, 1.807) is 0 Å². The summed E-state index contributed by atoms with van der Waals surface area (Å²) in [6.45, 7) is 0.867. The third-order valence-electron chi connectivity index (χ3n) is 4.57. The molecule has 1 saturated carbocycles. The summed E-state index contributed by atoms with van der Waals surface area (Å²) in [5, 5.41) is 12.3. The van der Waals surface area contributed by atoms with Gasteiger partial charge in [-0.1, -0.05) is 12.1 Å². The third kappa shape index (κ3) is 2.34. The zero-order chi connectivity index (χ0) is 14.2. The van der Waals surface area contributed by atoms with Gasteiger partial charge >= 0.3 is 0 Å². The van der Waals surface area contributed by atoms with E-state index in [0.29, 0.717) is 24.0 Å². The predicted octanol–water partition coefficient (Wildman–Crippen LogP) is 3.91. The SMILES string of the molecule is N#Cc1ccc([C@@H]2CC3(CCN2)CC(=C(F)F)C3)cc1. The fourth-order valence-corrected chi connectivity index (χ4v) is 3.45. The van der Waals surface area contributed by atoms with Crippen LogP contribution in [0.25, 0.3) is 0 Å². The van der Waals surface area contributed by atoms with Crippen LogP contribution in [-0.4, -0.2) is 6.54 Å². The van der Waals surface area contributed by atoms with Crippen molar-refractivity contribution < 1.29 is 8.78 Å². The molecule has 3 rings (SSSR count). The molecule has 1 spiro atoms. The van der Waals surface area contributed by atoms with Crippen LogP contribution in [0.15, 0.2) is 35.9 Å². The molecule has 0 unspecified atom stereocenters. The van der Waals surface area contributed by atoms with Crippen LogP contribution in [0.5, 0.6) is 0 Å². The standard InChI is InChI=1S/C16H16F2N2/c17-15(18)13-7-16(8-13)5-6-20-14(9-16)12-3-1-11(10-19)2-4-12/h1-4,14,20H,5-9H2/t14-/m0/s1. The van der Waals surface area contributed by atoms with E-state index in [4.69, 9.17) is 5.26 Å². The minimum atomic E-state index is -1.48. The van der Waals surface area contributed by atoms with Gasteiger partial charge in [0.15, 0.2) is 0 Å². The molecule has 2 nitrogen and oxygen atoms in total. The van der Waals surface area contributed by atoms with Crippen LogP contribution >= 0.6 is 0 Å². The Kier molecular flexibility index (Phi) is 3.31. The first-order valence-electron chi connectivity index (χ1n) is 6.88. The van der Waals surface area contributed by atoms with Gasteiger partial charge in [0.2, 0.25) is 0 Å². The Morgan fingerprint density at radius 1 is 1.25 bits per heavy atom.